The second-order valence-corrected chi connectivity index (χ2v) is 8.86. The lowest BCUT2D eigenvalue weighted by Crippen LogP contribution is -2.57. The molecular weight excluding hydrogens is 470 g/mol. The summed E-state index contributed by atoms with van der Waals surface area (Å²) in [6, 6.07) is 29.4. The zero-order chi connectivity index (χ0) is 25.7. The van der Waals surface area contributed by atoms with Crippen molar-refractivity contribution in [1.29, 1.82) is 0 Å². The molecule has 3 aromatic carbocycles. The number of nitrogens with zero attached hydrogens (tertiary/aromatic N) is 3. The third-order valence-corrected chi connectivity index (χ3v) is 6.29. The lowest BCUT2D eigenvalue weighted by molar-refractivity contribution is -0.243. The molecule has 0 aliphatic carbocycles. The number of aldehydes is 1. The van der Waals surface area contributed by atoms with Gasteiger partial charge in [0.2, 0.25) is 0 Å². The average Bonchev–Trinajstić information content (AvgIpc) is 2.94. The maximum Gasteiger partial charge on any atom is 0.142 e. The molecule has 8 nitrogen and oxygen atoms in total. The Morgan fingerprint density at radius 3 is 1.81 bits per heavy atom. The Balaban J connectivity index is 1.57. The Morgan fingerprint density at radius 1 is 0.784 bits per heavy atom. The van der Waals surface area contributed by atoms with Crippen molar-refractivity contribution < 1.29 is 23.7 Å². The van der Waals surface area contributed by atoms with Crippen molar-refractivity contribution in [2.24, 2.45) is 11.0 Å². The van der Waals surface area contributed by atoms with E-state index < -0.39 is 30.5 Å². The summed E-state index contributed by atoms with van der Waals surface area (Å²) in [5, 5.41) is 3.87. The fourth-order valence-electron chi connectivity index (χ4n) is 4.46. The van der Waals surface area contributed by atoms with Gasteiger partial charge in [-0.2, -0.15) is 0 Å². The number of rotatable bonds is 13. The predicted molar refractivity (Wildman–Crippen MR) is 138 cm³/mol. The quantitative estimate of drug-likeness (QED) is 0.131. The minimum Gasteiger partial charge on any atom is -0.374 e. The zero-order valence-corrected chi connectivity index (χ0v) is 20.5. The van der Waals surface area contributed by atoms with Crippen molar-refractivity contribution in [3.63, 3.8) is 0 Å². The van der Waals surface area contributed by atoms with Gasteiger partial charge in [-0.1, -0.05) is 96.1 Å². The largest absolute Gasteiger partial charge is 0.374 e. The van der Waals surface area contributed by atoms with Crippen LogP contribution in [0.2, 0.25) is 0 Å². The summed E-state index contributed by atoms with van der Waals surface area (Å²) in [4.78, 5) is 14.6. The molecule has 4 rings (SSSR count). The van der Waals surface area contributed by atoms with E-state index in [1.807, 2.05) is 91.0 Å². The van der Waals surface area contributed by atoms with Crippen molar-refractivity contribution >= 4 is 6.29 Å². The second kappa shape index (κ2) is 14.3. The Hall–Kier alpha value is -3.52. The van der Waals surface area contributed by atoms with E-state index in [1.165, 1.54) is 0 Å². The van der Waals surface area contributed by atoms with E-state index in [1.54, 1.807) is 0 Å². The number of carbonyl (C=O) groups is 1. The molecule has 1 aliphatic heterocycles. The van der Waals surface area contributed by atoms with Crippen LogP contribution in [0.4, 0.5) is 0 Å². The van der Waals surface area contributed by atoms with Gasteiger partial charge in [-0.25, -0.2) is 0 Å². The molecule has 0 amide bonds. The first-order valence-electron chi connectivity index (χ1n) is 12.3. The van der Waals surface area contributed by atoms with Crippen LogP contribution in [0.1, 0.15) is 23.1 Å². The van der Waals surface area contributed by atoms with Crippen LogP contribution in [0.25, 0.3) is 10.4 Å². The first-order valence-corrected chi connectivity index (χ1v) is 12.3. The number of hydrogen-bond acceptors (Lipinski definition) is 6. The van der Waals surface area contributed by atoms with Gasteiger partial charge in [0.25, 0.3) is 0 Å². The summed E-state index contributed by atoms with van der Waals surface area (Å²) < 4.78 is 25.0. The van der Waals surface area contributed by atoms with Crippen LogP contribution in [-0.2, 0) is 43.6 Å². The predicted octanol–water partition coefficient (Wildman–Crippen LogP) is 5.61. The summed E-state index contributed by atoms with van der Waals surface area (Å²) in [6.07, 6.45) is -1.69. The van der Waals surface area contributed by atoms with Crippen LogP contribution in [0, 0.1) is 5.92 Å². The summed E-state index contributed by atoms with van der Waals surface area (Å²) in [6.45, 7) is 1.23. The van der Waals surface area contributed by atoms with Crippen molar-refractivity contribution in [3.8, 4) is 0 Å². The molecule has 1 saturated heterocycles. The van der Waals surface area contributed by atoms with E-state index in [2.05, 4.69) is 10.0 Å². The van der Waals surface area contributed by atoms with Gasteiger partial charge in [-0.05, 0) is 22.2 Å². The monoisotopic (exact) mass is 501 g/mol. The number of ether oxygens (including phenoxy) is 4. The molecule has 0 unspecified atom stereocenters. The molecule has 3 aromatic rings. The van der Waals surface area contributed by atoms with Crippen molar-refractivity contribution in [2.45, 2.75) is 50.8 Å². The topological polar surface area (TPSA) is 103 Å². The van der Waals surface area contributed by atoms with Crippen molar-refractivity contribution in [3.05, 3.63) is 118 Å². The van der Waals surface area contributed by atoms with Gasteiger partial charge in [-0.15, -0.1) is 0 Å². The van der Waals surface area contributed by atoms with Crippen LogP contribution in [0.3, 0.4) is 0 Å². The highest BCUT2D eigenvalue weighted by atomic mass is 16.6. The van der Waals surface area contributed by atoms with Crippen LogP contribution in [0.15, 0.2) is 96.1 Å². The van der Waals surface area contributed by atoms with E-state index in [0.717, 1.165) is 23.0 Å². The Morgan fingerprint density at radius 2 is 1.30 bits per heavy atom. The van der Waals surface area contributed by atoms with Crippen LogP contribution in [0.5, 0.6) is 0 Å². The third-order valence-electron chi connectivity index (χ3n) is 6.29. The van der Waals surface area contributed by atoms with Gasteiger partial charge in [0.05, 0.1) is 32.5 Å². The lowest BCUT2D eigenvalue weighted by Gasteiger charge is -2.45. The average molecular weight is 502 g/mol. The van der Waals surface area contributed by atoms with E-state index in [4.69, 9.17) is 18.9 Å². The van der Waals surface area contributed by atoms with Gasteiger partial charge in [0, 0.05) is 17.3 Å². The molecule has 0 saturated carbocycles. The van der Waals surface area contributed by atoms with Crippen LogP contribution in [-0.4, -0.2) is 37.4 Å². The number of benzene rings is 3. The van der Waals surface area contributed by atoms with Gasteiger partial charge in [0.15, 0.2) is 0 Å². The molecule has 192 valence electrons. The van der Waals surface area contributed by atoms with E-state index >= 15 is 0 Å². The van der Waals surface area contributed by atoms with Crippen molar-refractivity contribution in [2.75, 3.05) is 6.61 Å². The summed E-state index contributed by atoms with van der Waals surface area (Å²) in [7, 11) is 0. The molecule has 8 heteroatoms. The van der Waals surface area contributed by atoms with Gasteiger partial charge >= 0.3 is 0 Å². The highest BCUT2D eigenvalue weighted by molar-refractivity contribution is 5.50. The van der Waals surface area contributed by atoms with Gasteiger partial charge in [0.1, 0.15) is 24.7 Å². The van der Waals surface area contributed by atoms with Gasteiger partial charge < -0.3 is 23.7 Å². The smallest absolute Gasteiger partial charge is 0.142 e. The Kier molecular flexibility index (Phi) is 10.2. The SMILES string of the molecule is [N-]=[N+]=N[C@@H]1O[C@H](COCc2ccccc2)[C@@H](OCc2ccccc2)[C@H](OCc2ccccc2)[C@H]1CC=O. The molecular formula is C29H31N3O5. The summed E-state index contributed by atoms with van der Waals surface area (Å²) >= 11 is 0. The zero-order valence-electron chi connectivity index (χ0n) is 20.5. The molecule has 1 fully saturated rings. The normalized spacial score (nSPS) is 23.2. The molecule has 5 atom stereocenters. The van der Waals surface area contributed by atoms with Crippen LogP contribution >= 0.6 is 0 Å². The van der Waals surface area contributed by atoms with Crippen molar-refractivity contribution in [1.82, 2.24) is 0 Å². The standard InChI is InChI=1S/C29H31N3O5/c30-32-31-29-25(16-17-33)27(35-19-23-12-6-2-7-13-23)28(36-20-24-14-8-3-9-15-24)26(37-29)21-34-18-22-10-4-1-5-11-22/h1-15,17,25-29H,16,18-21H2/t25-,26-,27-,28-,29-/m1/s1. The molecule has 0 N–H and O–H groups in total. The minimum atomic E-state index is -0.891. The minimum absolute atomic E-state index is 0.103. The Labute approximate surface area is 216 Å². The second-order valence-electron chi connectivity index (χ2n) is 8.86. The molecule has 0 radical (unpaired) electrons. The highest BCUT2D eigenvalue weighted by Gasteiger charge is 2.47. The summed E-state index contributed by atoms with van der Waals surface area (Å²) in [5.74, 6) is -0.511. The number of hydrogen-bond donors (Lipinski definition) is 0. The van der Waals surface area contributed by atoms with E-state index in [9.17, 15) is 10.3 Å². The lowest BCUT2D eigenvalue weighted by atomic mass is 9.87. The first kappa shape index (κ1) is 26.5. The Bertz CT molecular complexity index is 1130. The molecule has 37 heavy (non-hydrogen) atoms. The molecule has 0 bridgehead atoms. The van der Waals surface area contributed by atoms with E-state index in [0.29, 0.717) is 19.8 Å². The fourth-order valence-corrected chi connectivity index (χ4v) is 4.46. The molecule has 1 aliphatic rings. The van der Waals surface area contributed by atoms with E-state index in [-0.39, 0.29) is 13.0 Å². The summed E-state index contributed by atoms with van der Waals surface area (Å²) in [5.41, 5.74) is 12.2. The molecule has 0 spiro atoms. The third kappa shape index (κ3) is 7.73. The highest BCUT2D eigenvalue weighted by Crippen LogP contribution is 2.34. The number of azide groups is 1. The van der Waals surface area contributed by atoms with Crippen LogP contribution < -0.4 is 0 Å². The maximum atomic E-state index is 11.6. The first-order chi connectivity index (χ1) is 18.3. The fraction of sp³-hybridized carbons (Fsp3) is 0.345. The molecule has 1 heterocycles. The van der Waals surface area contributed by atoms with Gasteiger partial charge in [-0.3, -0.25) is 0 Å². The molecule has 0 aromatic heterocycles. The number of carbonyl (C=O) groups excluding carboxylic acids is 1. The maximum absolute atomic E-state index is 11.6.